The molecule has 1 saturated heterocycles. The molecule has 1 heterocycles. The molecule has 1 aromatic carbocycles. The highest BCUT2D eigenvalue weighted by molar-refractivity contribution is 5.37. The van der Waals surface area contributed by atoms with Gasteiger partial charge in [-0.05, 0) is 50.4 Å². The molecule has 0 aromatic heterocycles. The van der Waals surface area contributed by atoms with Crippen molar-refractivity contribution in [1.82, 2.24) is 10.2 Å². The smallest absolute Gasteiger partial charge is 0.0342 e. The summed E-state index contributed by atoms with van der Waals surface area (Å²) >= 11 is 0. The molecule has 1 aromatic rings. The van der Waals surface area contributed by atoms with Crippen molar-refractivity contribution in [2.24, 2.45) is 5.73 Å². The molecule has 1 aliphatic heterocycles. The van der Waals surface area contributed by atoms with Crippen LogP contribution in [0, 0.1) is 0 Å². The second-order valence-electron chi connectivity index (χ2n) is 6.02. The van der Waals surface area contributed by atoms with Crippen molar-refractivity contribution in [1.29, 1.82) is 0 Å². The summed E-state index contributed by atoms with van der Waals surface area (Å²) in [4.78, 5) is 2.59. The van der Waals surface area contributed by atoms with E-state index in [1.54, 1.807) is 0 Å². The molecular weight excluding hydrogens is 234 g/mol. The van der Waals surface area contributed by atoms with E-state index in [4.69, 9.17) is 5.73 Å². The maximum absolute atomic E-state index is 6.21. The summed E-state index contributed by atoms with van der Waals surface area (Å²) in [5.74, 6) is 0. The number of fused-ring (bicyclic) bond motifs is 1. The van der Waals surface area contributed by atoms with Gasteiger partial charge in [-0.3, -0.25) is 4.90 Å². The number of nitrogens with two attached hydrogens (primary N) is 1. The molecule has 0 spiro atoms. The van der Waals surface area contributed by atoms with Gasteiger partial charge in [-0.15, -0.1) is 0 Å². The molecule has 3 heteroatoms. The molecule has 19 heavy (non-hydrogen) atoms. The predicted octanol–water partition coefficient (Wildman–Crippen LogP) is 2.21. The molecule has 3 unspecified atom stereocenters. The summed E-state index contributed by atoms with van der Waals surface area (Å²) < 4.78 is 0. The second kappa shape index (κ2) is 5.61. The zero-order valence-corrected chi connectivity index (χ0v) is 11.8. The van der Waals surface area contributed by atoms with Crippen molar-refractivity contribution in [2.45, 2.75) is 44.3 Å². The van der Waals surface area contributed by atoms with Crippen LogP contribution in [0.3, 0.4) is 0 Å². The lowest BCUT2D eigenvalue weighted by Gasteiger charge is -2.26. The van der Waals surface area contributed by atoms with E-state index >= 15 is 0 Å². The van der Waals surface area contributed by atoms with Crippen LogP contribution in [-0.2, 0) is 0 Å². The van der Waals surface area contributed by atoms with Crippen LogP contribution in [-0.4, -0.2) is 30.6 Å². The Hall–Kier alpha value is -0.900. The van der Waals surface area contributed by atoms with Gasteiger partial charge in [0.2, 0.25) is 0 Å². The minimum Gasteiger partial charge on any atom is -0.324 e. The maximum Gasteiger partial charge on any atom is 0.0342 e. The van der Waals surface area contributed by atoms with Crippen LogP contribution < -0.4 is 11.1 Å². The Kier molecular flexibility index (Phi) is 3.87. The standard InChI is InChI=1S/C16H25N3/c1-12(19-8-4-5-9-19)11-18-16-10-15(17)13-6-2-3-7-14(13)16/h2-3,6-7,12,15-16,18H,4-5,8-11,17H2,1H3. The average molecular weight is 259 g/mol. The van der Waals surface area contributed by atoms with Gasteiger partial charge in [0.05, 0.1) is 0 Å². The SMILES string of the molecule is CC(CNC1CC(N)c2ccccc21)N1CCCC1. The topological polar surface area (TPSA) is 41.3 Å². The van der Waals surface area contributed by atoms with Crippen molar-refractivity contribution in [2.75, 3.05) is 19.6 Å². The van der Waals surface area contributed by atoms with Crippen molar-refractivity contribution in [3.63, 3.8) is 0 Å². The lowest BCUT2D eigenvalue weighted by molar-refractivity contribution is 0.245. The van der Waals surface area contributed by atoms with E-state index in [0.29, 0.717) is 12.1 Å². The highest BCUT2D eigenvalue weighted by Crippen LogP contribution is 2.36. The van der Waals surface area contributed by atoms with E-state index in [9.17, 15) is 0 Å². The number of hydrogen-bond donors (Lipinski definition) is 2. The third-order valence-corrected chi connectivity index (χ3v) is 4.68. The van der Waals surface area contributed by atoms with Gasteiger partial charge < -0.3 is 11.1 Å². The molecule has 2 aliphatic rings. The van der Waals surface area contributed by atoms with E-state index in [2.05, 4.69) is 41.4 Å². The van der Waals surface area contributed by atoms with Gasteiger partial charge >= 0.3 is 0 Å². The zero-order valence-electron chi connectivity index (χ0n) is 11.8. The minimum atomic E-state index is 0.204. The summed E-state index contributed by atoms with van der Waals surface area (Å²) in [6.07, 6.45) is 3.76. The van der Waals surface area contributed by atoms with Crippen LogP contribution in [0.5, 0.6) is 0 Å². The highest BCUT2D eigenvalue weighted by atomic mass is 15.2. The molecule has 3 nitrogen and oxygen atoms in total. The number of nitrogens with zero attached hydrogens (tertiary/aromatic N) is 1. The van der Waals surface area contributed by atoms with Crippen molar-refractivity contribution >= 4 is 0 Å². The molecule has 0 amide bonds. The highest BCUT2D eigenvalue weighted by Gasteiger charge is 2.28. The Morgan fingerprint density at radius 1 is 1.26 bits per heavy atom. The fourth-order valence-electron chi connectivity index (χ4n) is 3.49. The first-order valence-corrected chi connectivity index (χ1v) is 7.57. The third kappa shape index (κ3) is 2.69. The van der Waals surface area contributed by atoms with Gasteiger partial charge in [0.1, 0.15) is 0 Å². The van der Waals surface area contributed by atoms with Crippen LogP contribution in [0.2, 0.25) is 0 Å². The Balaban J connectivity index is 1.59. The Bertz CT molecular complexity index is 426. The van der Waals surface area contributed by atoms with Crippen molar-refractivity contribution in [3.05, 3.63) is 35.4 Å². The van der Waals surface area contributed by atoms with Crippen molar-refractivity contribution in [3.8, 4) is 0 Å². The first kappa shape index (κ1) is 13.1. The molecule has 1 fully saturated rings. The molecule has 0 radical (unpaired) electrons. The summed E-state index contributed by atoms with van der Waals surface area (Å²) in [6, 6.07) is 9.88. The summed E-state index contributed by atoms with van der Waals surface area (Å²) in [7, 11) is 0. The summed E-state index contributed by atoms with van der Waals surface area (Å²) in [5.41, 5.74) is 8.95. The normalized spacial score (nSPS) is 28.5. The number of nitrogens with one attached hydrogen (secondary N) is 1. The second-order valence-corrected chi connectivity index (χ2v) is 6.02. The van der Waals surface area contributed by atoms with Gasteiger partial charge in [0.25, 0.3) is 0 Å². The van der Waals surface area contributed by atoms with E-state index in [-0.39, 0.29) is 6.04 Å². The molecule has 3 atom stereocenters. The molecule has 1 aliphatic carbocycles. The van der Waals surface area contributed by atoms with Crippen LogP contribution in [0.25, 0.3) is 0 Å². The molecular formula is C16H25N3. The third-order valence-electron chi connectivity index (χ3n) is 4.68. The predicted molar refractivity (Wildman–Crippen MR) is 79.0 cm³/mol. The fourth-order valence-corrected chi connectivity index (χ4v) is 3.49. The molecule has 0 bridgehead atoms. The zero-order chi connectivity index (χ0) is 13.2. The Morgan fingerprint density at radius 3 is 2.68 bits per heavy atom. The molecule has 0 saturated carbocycles. The van der Waals surface area contributed by atoms with Crippen LogP contribution in [0.4, 0.5) is 0 Å². The Morgan fingerprint density at radius 2 is 1.95 bits per heavy atom. The minimum absolute atomic E-state index is 0.204. The fraction of sp³-hybridized carbons (Fsp3) is 0.625. The van der Waals surface area contributed by atoms with Crippen molar-refractivity contribution < 1.29 is 0 Å². The molecule has 104 valence electrons. The summed E-state index contributed by atoms with van der Waals surface area (Å²) in [6.45, 7) is 5.93. The van der Waals surface area contributed by atoms with Gasteiger partial charge in [0.15, 0.2) is 0 Å². The van der Waals surface area contributed by atoms with Gasteiger partial charge in [-0.1, -0.05) is 24.3 Å². The lowest BCUT2D eigenvalue weighted by atomic mass is 10.1. The Labute approximate surface area is 116 Å². The molecule has 3 N–H and O–H groups in total. The molecule has 3 rings (SSSR count). The first-order valence-electron chi connectivity index (χ1n) is 7.57. The largest absolute Gasteiger partial charge is 0.324 e. The number of hydrogen-bond acceptors (Lipinski definition) is 3. The van der Waals surface area contributed by atoms with Crippen LogP contribution in [0.1, 0.15) is 49.4 Å². The van der Waals surface area contributed by atoms with Gasteiger partial charge in [-0.2, -0.15) is 0 Å². The average Bonchev–Trinajstić information content (AvgIpc) is 3.06. The lowest BCUT2D eigenvalue weighted by Crippen LogP contribution is -2.39. The monoisotopic (exact) mass is 259 g/mol. The van der Waals surface area contributed by atoms with E-state index in [1.165, 1.54) is 37.1 Å². The first-order chi connectivity index (χ1) is 9.25. The van der Waals surface area contributed by atoms with E-state index < -0.39 is 0 Å². The number of likely N-dealkylation sites (tertiary alicyclic amines) is 1. The van der Waals surface area contributed by atoms with E-state index in [0.717, 1.165) is 13.0 Å². The van der Waals surface area contributed by atoms with Gasteiger partial charge in [0, 0.05) is 24.7 Å². The van der Waals surface area contributed by atoms with E-state index in [1.807, 2.05) is 0 Å². The number of rotatable bonds is 4. The van der Waals surface area contributed by atoms with Gasteiger partial charge in [-0.25, -0.2) is 0 Å². The summed E-state index contributed by atoms with van der Waals surface area (Å²) in [5, 5.41) is 3.72. The quantitative estimate of drug-likeness (QED) is 0.871. The number of benzene rings is 1. The van der Waals surface area contributed by atoms with Crippen LogP contribution >= 0.6 is 0 Å². The van der Waals surface area contributed by atoms with Crippen LogP contribution in [0.15, 0.2) is 24.3 Å². The maximum atomic E-state index is 6.21.